The molecule has 3 heterocycles. The van der Waals surface area contributed by atoms with E-state index < -0.39 is 6.61 Å². The molecule has 25 heavy (non-hydrogen) atoms. The number of nitrogens with zero attached hydrogens (tertiary/aromatic N) is 3. The second-order valence-electron chi connectivity index (χ2n) is 5.83. The summed E-state index contributed by atoms with van der Waals surface area (Å²) in [6.45, 7) is -2.39. The normalized spacial score (nSPS) is 13.9. The number of halogens is 2. The third kappa shape index (κ3) is 3.39. The molecular weight excluding hydrogens is 346 g/mol. The minimum atomic E-state index is -2.84. The molecule has 0 fully saturated rings. The number of fused-ring (bicyclic) bond motifs is 3. The fourth-order valence-electron chi connectivity index (χ4n) is 3.09. The minimum absolute atomic E-state index is 0.0510. The summed E-state index contributed by atoms with van der Waals surface area (Å²) in [5.41, 5.74) is 2.08. The number of hydrogen-bond acceptors (Lipinski definition) is 6. The van der Waals surface area contributed by atoms with Gasteiger partial charge in [0.15, 0.2) is 0 Å². The molecule has 0 amide bonds. The lowest BCUT2D eigenvalue weighted by atomic mass is 9.97. The summed E-state index contributed by atoms with van der Waals surface area (Å²) in [6.07, 6.45) is 7.47. The highest BCUT2D eigenvalue weighted by Crippen LogP contribution is 2.38. The summed E-state index contributed by atoms with van der Waals surface area (Å²) in [5, 5.41) is 4.42. The number of rotatable bonds is 5. The van der Waals surface area contributed by atoms with Crippen molar-refractivity contribution in [1.29, 1.82) is 0 Å². The molecule has 3 aromatic rings. The average Bonchev–Trinajstić information content (AvgIpc) is 3.00. The molecule has 0 saturated heterocycles. The van der Waals surface area contributed by atoms with Gasteiger partial charge in [-0.3, -0.25) is 4.98 Å². The van der Waals surface area contributed by atoms with Crippen LogP contribution in [0.3, 0.4) is 0 Å². The van der Waals surface area contributed by atoms with Gasteiger partial charge in [-0.05, 0) is 43.4 Å². The summed E-state index contributed by atoms with van der Waals surface area (Å²) in [6, 6.07) is 3.14. The molecule has 130 valence electrons. The molecule has 1 aliphatic rings. The highest BCUT2D eigenvalue weighted by atomic mass is 32.1. The maximum Gasteiger partial charge on any atom is 0.387 e. The maximum absolute atomic E-state index is 12.2. The van der Waals surface area contributed by atoms with Gasteiger partial charge in [-0.15, -0.1) is 11.3 Å². The SMILES string of the molecule is FC(F)Oc1ccc(CNc2ncnc3sc4c(c23)CCCC4)nc1. The number of aryl methyl sites for hydroxylation is 2. The standard InChI is InChI=1S/C17H16F2N4OS/c18-17(19)24-11-6-5-10(20-8-11)7-21-15-14-12-3-1-2-4-13(12)25-16(14)23-9-22-15/h5-6,8-9,17H,1-4,7H2,(H,21,22,23). The lowest BCUT2D eigenvalue weighted by Gasteiger charge is -2.12. The van der Waals surface area contributed by atoms with Crippen LogP contribution in [0.5, 0.6) is 5.75 Å². The summed E-state index contributed by atoms with van der Waals surface area (Å²) in [4.78, 5) is 15.4. The van der Waals surface area contributed by atoms with Crippen LogP contribution in [0.4, 0.5) is 14.6 Å². The van der Waals surface area contributed by atoms with Crippen LogP contribution >= 0.6 is 11.3 Å². The van der Waals surface area contributed by atoms with Gasteiger partial charge in [-0.1, -0.05) is 0 Å². The van der Waals surface area contributed by atoms with Gasteiger partial charge in [0, 0.05) is 4.88 Å². The molecule has 0 spiro atoms. The van der Waals surface area contributed by atoms with Crippen LogP contribution in [0.25, 0.3) is 10.2 Å². The van der Waals surface area contributed by atoms with Crippen molar-refractivity contribution in [2.24, 2.45) is 0 Å². The Hall–Kier alpha value is -2.35. The van der Waals surface area contributed by atoms with Crippen molar-refractivity contribution in [3.63, 3.8) is 0 Å². The molecular formula is C17H16F2N4OS. The molecule has 5 nitrogen and oxygen atoms in total. The monoisotopic (exact) mass is 362 g/mol. The lowest BCUT2D eigenvalue weighted by molar-refractivity contribution is -0.0500. The highest BCUT2D eigenvalue weighted by molar-refractivity contribution is 7.19. The van der Waals surface area contributed by atoms with E-state index in [4.69, 9.17) is 0 Å². The van der Waals surface area contributed by atoms with Gasteiger partial charge in [0.1, 0.15) is 22.7 Å². The van der Waals surface area contributed by atoms with Crippen LogP contribution in [-0.4, -0.2) is 21.6 Å². The quantitative estimate of drug-likeness (QED) is 0.738. The van der Waals surface area contributed by atoms with Gasteiger partial charge in [-0.25, -0.2) is 9.97 Å². The molecule has 1 aliphatic carbocycles. The zero-order valence-electron chi connectivity index (χ0n) is 13.3. The summed E-state index contributed by atoms with van der Waals surface area (Å²) >= 11 is 1.75. The van der Waals surface area contributed by atoms with Gasteiger partial charge >= 0.3 is 6.61 Å². The Morgan fingerprint density at radius 3 is 2.84 bits per heavy atom. The van der Waals surface area contributed by atoms with Crippen molar-refractivity contribution in [3.05, 3.63) is 40.8 Å². The van der Waals surface area contributed by atoms with Crippen LogP contribution in [0, 0.1) is 0 Å². The Bertz CT molecular complexity index is 882. The zero-order chi connectivity index (χ0) is 17.2. The van der Waals surface area contributed by atoms with E-state index in [1.165, 1.54) is 35.5 Å². The molecule has 0 radical (unpaired) electrons. The Morgan fingerprint density at radius 2 is 2.04 bits per heavy atom. The van der Waals surface area contributed by atoms with E-state index in [0.29, 0.717) is 6.54 Å². The fourth-order valence-corrected chi connectivity index (χ4v) is 4.32. The fraction of sp³-hybridized carbons (Fsp3) is 0.353. The van der Waals surface area contributed by atoms with Crippen LogP contribution in [0.1, 0.15) is 29.0 Å². The Labute approximate surface area is 147 Å². The van der Waals surface area contributed by atoms with Gasteiger partial charge in [-0.2, -0.15) is 8.78 Å². The Morgan fingerprint density at radius 1 is 1.16 bits per heavy atom. The zero-order valence-corrected chi connectivity index (χ0v) is 14.2. The minimum Gasteiger partial charge on any atom is -0.433 e. The number of ether oxygens (including phenoxy) is 1. The van der Waals surface area contributed by atoms with E-state index in [2.05, 4.69) is 25.0 Å². The molecule has 0 aliphatic heterocycles. The summed E-state index contributed by atoms with van der Waals surface area (Å²) < 4.78 is 28.6. The van der Waals surface area contributed by atoms with Crippen LogP contribution in [0.2, 0.25) is 0 Å². The van der Waals surface area contributed by atoms with E-state index in [-0.39, 0.29) is 5.75 Å². The first kappa shape index (κ1) is 16.1. The van der Waals surface area contributed by atoms with Crippen molar-refractivity contribution in [2.45, 2.75) is 38.8 Å². The molecule has 0 unspecified atom stereocenters. The van der Waals surface area contributed by atoms with Gasteiger partial charge < -0.3 is 10.1 Å². The maximum atomic E-state index is 12.2. The third-order valence-electron chi connectivity index (χ3n) is 4.21. The Kier molecular flexibility index (Phi) is 4.44. The largest absolute Gasteiger partial charge is 0.433 e. The molecule has 8 heteroatoms. The molecule has 3 aromatic heterocycles. The predicted molar refractivity (Wildman–Crippen MR) is 92.3 cm³/mol. The number of aromatic nitrogens is 3. The molecule has 0 saturated carbocycles. The topological polar surface area (TPSA) is 59.9 Å². The molecule has 0 atom stereocenters. The van der Waals surface area contributed by atoms with Crippen molar-refractivity contribution >= 4 is 27.4 Å². The van der Waals surface area contributed by atoms with E-state index in [1.54, 1.807) is 23.7 Å². The molecule has 0 aromatic carbocycles. The lowest BCUT2D eigenvalue weighted by Crippen LogP contribution is -2.06. The predicted octanol–water partition coefficient (Wildman–Crippen LogP) is 4.18. The van der Waals surface area contributed by atoms with Crippen LogP contribution < -0.4 is 10.1 Å². The van der Waals surface area contributed by atoms with Crippen molar-refractivity contribution in [2.75, 3.05) is 5.32 Å². The van der Waals surface area contributed by atoms with Gasteiger partial charge in [0.25, 0.3) is 0 Å². The second kappa shape index (κ2) is 6.87. The third-order valence-corrected chi connectivity index (χ3v) is 5.41. The van der Waals surface area contributed by atoms with Crippen LogP contribution in [0.15, 0.2) is 24.7 Å². The Balaban J connectivity index is 1.54. The molecule has 4 rings (SSSR count). The van der Waals surface area contributed by atoms with E-state index in [9.17, 15) is 8.78 Å². The number of nitrogens with one attached hydrogen (secondary N) is 1. The average molecular weight is 362 g/mol. The number of thiophene rings is 1. The van der Waals surface area contributed by atoms with Crippen LogP contribution in [-0.2, 0) is 19.4 Å². The van der Waals surface area contributed by atoms with Gasteiger partial charge in [0.05, 0.1) is 23.8 Å². The summed E-state index contributed by atoms with van der Waals surface area (Å²) in [5.74, 6) is 0.856. The first-order chi connectivity index (χ1) is 12.2. The summed E-state index contributed by atoms with van der Waals surface area (Å²) in [7, 11) is 0. The van der Waals surface area contributed by atoms with Crippen molar-refractivity contribution in [1.82, 2.24) is 15.0 Å². The van der Waals surface area contributed by atoms with Gasteiger partial charge in [0.2, 0.25) is 0 Å². The molecule has 1 N–H and O–H groups in total. The van der Waals surface area contributed by atoms with Crippen molar-refractivity contribution in [3.8, 4) is 5.75 Å². The first-order valence-electron chi connectivity index (χ1n) is 8.09. The smallest absolute Gasteiger partial charge is 0.387 e. The number of pyridine rings is 1. The second-order valence-corrected chi connectivity index (χ2v) is 6.91. The van der Waals surface area contributed by atoms with E-state index in [1.807, 2.05) is 0 Å². The van der Waals surface area contributed by atoms with Crippen molar-refractivity contribution < 1.29 is 13.5 Å². The number of alkyl halides is 2. The number of hydrogen-bond donors (Lipinski definition) is 1. The highest BCUT2D eigenvalue weighted by Gasteiger charge is 2.19. The molecule has 0 bridgehead atoms. The number of anilines is 1. The van der Waals surface area contributed by atoms with E-state index >= 15 is 0 Å². The van der Waals surface area contributed by atoms with E-state index in [0.717, 1.165) is 34.6 Å². The first-order valence-corrected chi connectivity index (χ1v) is 8.91.